The highest BCUT2D eigenvalue weighted by atomic mass is 32.2. The summed E-state index contributed by atoms with van der Waals surface area (Å²) in [4.78, 5) is 10.6. The van der Waals surface area contributed by atoms with Crippen LogP contribution < -0.4 is 0 Å². The standard InChI is InChI=1S/C11H14N2OS/c1-9-11(8-13(3)12-9)6-4-5-7-15-10(2)14/h8H,5,7H2,1-3H3. The zero-order valence-electron chi connectivity index (χ0n) is 9.20. The lowest BCUT2D eigenvalue weighted by atomic mass is 10.2. The van der Waals surface area contributed by atoms with E-state index in [0.717, 1.165) is 23.4 Å². The third kappa shape index (κ3) is 4.22. The number of rotatable bonds is 2. The second-order valence-corrected chi connectivity index (χ2v) is 4.47. The van der Waals surface area contributed by atoms with Gasteiger partial charge in [-0.15, -0.1) is 0 Å². The normalized spacial score (nSPS) is 9.53. The number of carbonyl (C=O) groups excluding carboxylic acids is 1. The number of nitrogens with zero attached hydrogens (tertiary/aromatic N) is 2. The first kappa shape index (κ1) is 11.9. The van der Waals surface area contributed by atoms with Crippen molar-refractivity contribution in [1.82, 2.24) is 9.78 Å². The molecule has 0 spiro atoms. The first-order valence-corrected chi connectivity index (χ1v) is 5.70. The van der Waals surface area contributed by atoms with Crippen molar-refractivity contribution in [3.8, 4) is 11.8 Å². The minimum absolute atomic E-state index is 0.148. The Balaban J connectivity index is 2.44. The predicted octanol–water partition coefficient (Wildman–Crippen LogP) is 1.75. The van der Waals surface area contributed by atoms with Crippen LogP contribution in [-0.2, 0) is 11.8 Å². The van der Waals surface area contributed by atoms with Gasteiger partial charge in [-0.25, -0.2) is 0 Å². The molecule has 0 atom stereocenters. The molecule has 0 aliphatic rings. The summed E-state index contributed by atoms with van der Waals surface area (Å²) in [6, 6.07) is 0. The van der Waals surface area contributed by atoms with E-state index >= 15 is 0 Å². The first-order chi connectivity index (χ1) is 7.09. The van der Waals surface area contributed by atoms with Gasteiger partial charge in [-0.2, -0.15) is 5.10 Å². The molecule has 0 saturated heterocycles. The van der Waals surface area contributed by atoms with Gasteiger partial charge in [0.2, 0.25) is 0 Å². The molecule has 0 aliphatic carbocycles. The van der Waals surface area contributed by atoms with Crippen molar-refractivity contribution in [2.75, 3.05) is 5.75 Å². The minimum Gasteiger partial charge on any atom is -0.288 e. The smallest absolute Gasteiger partial charge is 0.185 e. The highest BCUT2D eigenvalue weighted by Gasteiger charge is 1.97. The molecule has 80 valence electrons. The van der Waals surface area contributed by atoms with Crippen LogP contribution in [0, 0.1) is 18.8 Å². The van der Waals surface area contributed by atoms with Gasteiger partial charge in [-0.3, -0.25) is 9.48 Å². The summed E-state index contributed by atoms with van der Waals surface area (Å²) in [7, 11) is 1.88. The van der Waals surface area contributed by atoms with E-state index < -0.39 is 0 Å². The average molecular weight is 222 g/mol. The average Bonchev–Trinajstić information content (AvgIpc) is 2.44. The van der Waals surface area contributed by atoms with Crippen molar-refractivity contribution in [3.05, 3.63) is 17.5 Å². The molecule has 3 nitrogen and oxygen atoms in total. The van der Waals surface area contributed by atoms with E-state index in [1.165, 1.54) is 11.8 Å². The summed E-state index contributed by atoms with van der Waals surface area (Å²) in [6.07, 6.45) is 2.64. The van der Waals surface area contributed by atoms with Gasteiger partial charge in [0, 0.05) is 32.3 Å². The third-order valence-corrected chi connectivity index (χ3v) is 2.58. The fourth-order valence-electron chi connectivity index (χ4n) is 1.13. The SMILES string of the molecule is CC(=O)SCCC#Cc1cn(C)nc1C. The third-order valence-electron chi connectivity index (χ3n) is 1.77. The summed E-state index contributed by atoms with van der Waals surface area (Å²) in [5.41, 5.74) is 1.91. The molecule has 4 heteroatoms. The highest BCUT2D eigenvalue weighted by Crippen LogP contribution is 2.04. The van der Waals surface area contributed by atoms with Gasteiger partial charge in [0.25, 0.3) is 0 Å². The zero-order valence-corrected chi connectivity index (χ0v) is 10.0. The lowest BCUT2D eigenvalue weighted by molar-refractivity contribution is -0.109. The van der Waals surface area contributed by atoms with Gasteiger partial charge in [0.1, 0.15) is 0 Å². The maximum atomic E-state index is 10.6. The fraction of sp³-hybridized carbons (Fsp3) is 0.455. The van der Waals surface area contributed by atoms with Crippen LogP contribution in [0.2, 0.25) is 0 Å². The van der Waals surface area contributed by atoms with Crippen molar-refractivity contribution in [1.29, 1.82) is 0 Å². The maximum absolute atomic E-state index is 10.6. The number of thioether (sulfide) groups is 1. The van der Waals surface area contributed by atoms with Crippen molar-refractivity contribution < 1.29 is 4.79 Å². The Kier molecular flexibility index (Phi) is 4.44. The molecule has 0 fully saturated rings. The molecule has 1 aromatic rings. The molecule has 0 bridgehead atoms. The minimum atomic E-state index is 0.148. The number of aromatic nitrogens is 2. The fourth-order valence-corrected chi connectivity index (χ4v) is 1.62. The van der Waals surface area contributed by atoms with Gasteiger partial charge >= 0.3 is 0 Å². The lowest BCUT2D eigenvalue weighted by Gasteiger charge is -1.88. The molecular formula is C11H14N2OS. The summed E-state index contributed by atoms with van der Waals surface area (Å²) in [5.74, 6) is 6.85. The molecule has 1 aromatic heterocycles. The van der Waals surface area contributed by atoms with Crippen LogP contribution in [0.5, 0.6) is 0 Å². The molecule has 0 amide bonds. The lowest BCUT2D eigenvalue weighted by Crippen LogP contribution is -1.86. The van der Waals surface area contributed by atoms with Crippen molar-refractivity contribution in [2.45, 2.75) is 20.3 Å². The van der Waals surface area contributed by atoms with E-state index in [1.807, 2.05) is 20.2 Å². The topological polar surface area (TPSA) is 34.9 Å². The quantitative estimate of drug-likeness (QED) is 0.565. The molecule has 0 unspecified atom stereocenters. The van der Waals surface area contributed by atoms with Crippen molar-refractivity contribution in [2.24, 2.45) is 7.05 Å². The van der Waals surface area contributed by atoms with E-state index in [2.05, 4.69) is 16.9 Å². The Bertz CT molecular complexity index is 412. The van der Waals surface area contributed by atoms with Gasteiger partial charge in [0.15, 0.2) is 5.12 Å². The number of carbonyl (C=O) groups is 1. The van der Waals surface area contributed by atoms with Crippen LogP contribution in [0.25, 0.3) is 0 Å². The van der Waals surface area contributed by atoms with Gasteiger partial charge < -0.3 is 0 Å². The summed E-state index contributed by atoms with van der Waals surface area (Å²) in [6.45, 7) is 3.51. The van der Waals surface area contributed by atoms with Crippen LogP contribution in [0.3, 0.4) is 0 Å². The van der Waals surface area contributed by atoms with Gasteiger partial charge in [0.05, 0.1) is 11.3 Å². The molecule has 15 heavy (non-hydrogen) atoms. The first-order valence-electron chi connectivity index (χ1n) is 4.72. The summed E-state index contributed by atoms with van der Waals surface area (Å²) < 4.78 is 1.75. The van der Waals surface area contributed by atoms with Crippen molar-refractivity contribution in [3.63, 3.8) is 0 Å². The molecular weight excluding hydrogens is 208 g/mol. The second kappa shape index (κ2) is 5.62. The molecule has 1 rings (SSSR count). The number of hydrogen-bond acceptors (Lipinski definition) is 3. The molecule has 0 radical (unpaired) electrons. The molecule has 1 heterocycles. The summed E-state index contributed by atoms with van der Waals surface area (Å²) in [5, 5.41) is 4.34. The van der Waals surface area contributed by atoms with E-state index in [1.54, 1.807) is 11.6 Å². The molecule has 0 aromatic carbocycles. The Labute approximate surface area is 94.2 Å². The van der Waals surface area contributed by atoms with Crippen LogP contribution >= 0.6 is 11.8 Å². The summed E-state index contributed by atoms with van der Waals surface area (Å²) >= 11 is 1.31. The van der Waals surface area contributed by atoms with Gasteiger partial charge in [-0.1, -0.05) is 23.6 Å². The molecule has 0 N–H and O–H groups in total. The maximum Gasteiger partial charge on any atom is 0.185 e. The van der Waals surface area contributed by atoms with Crippen molar-refractivity contribution >= 4 is 16.9 Å². The Hall–Kier alpha value is -1.21. The Morgan fingerprint density at radius 3 is 2.93 bits per heavy atom. The molecule has 0 aliphatic heterocycles. The van der Waals surface area contributed by atoms with Crippen LogP contribution in [0.15, 0.2) is 6.20 Å². The number of hydrogen-bond donors (Lipinski definition) is 0. The zero-order chi connectivity index (χ0) is 11.3. The predicted molar refractivity (Wildman–Crippen MR) is 62.6 cm³/mol. The Morgan fingerprint density at radius 1 is 1.67 bits per heavy atom. The number of aryl methyl sites for hydroxylation is 2. The van der Waals surface area contributed by atoms with Crippen LogP contribution in [0.4, 0.5) is 0 Å². The van der Waals surface area contributed by atoms with Gasteiger partial charge in [-0.05, 0) is 6.92 Å². The highest BCUT2D eigenvalue weighted by molar-refractivity contribution is 8.13. The largest absolute Gasteiger partial charge is 0.288 e. The van der Waals surface area contributed by atoms with E-state index in [-0.39, 0.29) is 5.12 Å². The van der Waals surface area contributed by atoms with Crippen LogP contribution in [0.1, 0.15) is 24.6 Å². The Morgan fingerprint density at radius 2 is 2.40 bits per heavy atom. The monoisotopic (exact) mass is 222 g/mol. The van der Waals surface area contributed by atoms with E-state index in [0.29, 0.717) is 0 Å². The van der Waals surface area contributed by atoms with E-state index in [9.17, 15) is 4.79 Å². The van der Waals surface area contributed by atoms with E-state index in [4.69, 9.17) is 0 Å². The molecule has 0 saturated carbocycles. The van der Waals surface area contributed by atoms with Crippen LogP contribution in [-0.4, -0.2) is 20.6 Å². The second-order valence-electron chi connectivity index (χ2n) is 3.19.